The van der Waals surface area contributed by atoms with Gasteiger partial charge >= 0.3 is 12.3 Å². The molecule has 0 heterocycles. The first-order chi connectivity index (χ1) is 6.34. The highest BCUT2D eigenvalue weighted by molar-refractivity contribution is 5.84. The van der Waals surface area contributed by atoms with E-state index in [4.69, 9.17) is 5.11 Å². The number of aliphatic hydroxyl groups excluding tert-OH is 1. The average molecular weight is 215 g/mol. The highest BCUT2D eigenvalue weighted by Gasteiger charge is 2.50. The van der Waals surface area contributed by atoms with Crippen LogP contribution in [0.4, 0.5) is 17.6 Å². The van der Waals surface area contributed by atoms with Crippen molar-refractivity contribution in [2.24, 2.45) is 0 Å². The largest absolute Gasteiger partial charge is 0.393 e. The summed E-state index contributed by atoms with van der Waals surface area (Å²) in [5, 5.41) is 10.5. The second-order valence-corrected chi connectivity index (χ2v) is 3.22. The Kier molecular flexibility index (Phi) is 2.98. The summed E-state index contributed by atoms with van der Waals surface area (Å²) >= 11 is 0. The molecule has 1 aliphatic carbocycles. The summed E-state index contributed by atoms with van der Waals surface area (Å²) in [6.07, 6.45) is -4.39. The molecule has 1 saturated carbocycles. The van der Waals surface area contributed by atoms with Crippen molar-refractivity contribution < 1.29 is 27.5 Å². The number of rotatable bonds is 3. The first-order valence-electron chi connectivity index (χ1n) is 3.99. The molecule has 0 bridgehead atoms. The second kappa shape index (κ2) is 3.72. The van der Waals surface area contributed by atoms with Gasteiger partial charge in [0.1, 0.15) is 0 Å². The van der Waals surface area contributed by atoms with Crippen molar-refractivity contribution in [2.45, 2.75) is 37.3 Å². The lowest BCUT2D eigenvalue weighted by Crippen LogP contribution is -2.53. The van der Waals surface area contributed by atoms with Gasteiger partial charge in [-0.3, -0.25) is 4.79 Å². The Hall–Kier alpha value is -0.850. The molecule has 0 aromatic carbocycles. The van der Waals surface area contributed by atoms with Gasteiger partial charge < -0.3 is 10.4 Å². The van der Waals surface area contributed by atoms with Crippen LogP contribution in [-0.2, 0) is 4.79 Å². The Balaban J connectivity index is 2.42. The van der Waals surface area contributed by atoms with Crippen LogP contribution in [0.15, 0.2) is 0 Å². The number of amides is 1. The standard InChI is InChI=1S/C7H9F4NO2/c8-5(9)7(10,11)6(14)12-3-1-4(13)2-3/h3-5,13H,1-2H2,(H,12,14). The lowest BCUT2D eigenvalue weighted by Gasteiger charge is -2.32. The maximum Gasteiger partial charge on any atom is 0.383 e. The quantitative estimate of drug-likeness (QED) is 0.674. The number of halogens is 4. The van der Waals surface area contributed by atoms with Gasteiger partial charge in [0, 0.05) is 6.04 Å². The molecule has 1 amide bonds. The van der Waals surface area contributed by atoms with Gasteiger partial charge in [-0.05, 0) is 12.8 Å². The van der Waals surface area contributed by atoms with E-state index in [9.17, 15) is 22.4 Å². The number of nitrogens with one attached hydrogen (secondary N) is 1. The Morgan fingerprint density at radius 2 is 1.93 bits per heavy atom. The minimum Gasteiger partial charge on any atom is -0.393 e. The van der Waals surface area contributed by atoms with Crippen molar-refractivity contribution in [3.8, 4) is 0 Å². The third-order valence-corrected chi connectivity index (χ3v) is 2.03. The molecule has 0 saturated heterocycles. The summed E-state index contributed by atoms with van der Waals surface area (Å²) in [7, 11) is 0. The number of carbonyl (C=O) groups is 1. The number of aliphatic hydroxyl groups is 1. The SMILES string of the molecule is O=C(NC1CC(O)C1)C(F)(F)C(F)F. The van der Waals surface area contributed by atoms with E-state index in [0.717, 1.165) is 0 Å². The molecule has 14 heavy (non-hydrogen) atoms. The van der Waals surface area contributed by atoms with Crippen molar-refractivity contribution in [1.82, 2.24) is 5.32 Å². The van der Waals surface area contributed by atoms with Gasteiger partial charge in [-0.2, -0.15) is 8.78 Å². The van der Waals surface area contributed by atoms with E-state index in [-0.39, 0.29) is 12.8 Å². The fourth-order valence-electron chi connectivity index (χ4n) is 1.09. The molecule has 0 unspecified atom stereocenters. The van der Waals surface area contributed by atoms with Gasteiger partial charge in [0.15, 0.2) is 0 Å². The zero-order valence-corrected chi connectivity index (χ0v) is 7.01. The minimum atomic E-state index is -4.65. The summed E-state index contributed by atoms with van der Waals surface area (Å²) in [5.74, 6) is -6.63. The number of hydrogen-bond acceptors (Lipinski definition) is 2. The van der Waals surface area contributed by atoms with Crippen LogP contribution in [-0.4, -0.2) is 35.5 Å². The molecule has 3 nitrogen and oxygen atoms in total. The van der Waals surface area contributed by atoms with Crippen LogP contribution >= 0.6 is 0 Å². The van der Waals surface area contributed by atoms with E-state index in [1.165, 1.54) is 0 Å². The fraction of sp³-hybridized carbons (Fsp3) is 0.857. The van der Waals surface area contributed by atoms with Crippen LogP contribution < -0.4 is 5.32 Å². The van der Waals surface area contributed by atoms with Crippen molar-refractivity contribution in [1.29, 1.82) is 0 Å². The number of hydrogen-bond donors (Lipinski definition) is 2. The van der Waals surface area contributed by atoms with Crippen molar-refractivity contribution >= 4 is 5.91 Å². The van der Waals surface area contributed by atoms with E-state index >= 15 is 0 Å². The molecule has 82 valence electrons. The van der Waals surface area contributed by atoms with Crippen molar-refractivity contribution in [2.75, 3.05) is 0 Å². The second-order valence-electron chi connectivity index (χ2n) is 3.22. The van der Waals surface area contributed by atoms with Crippen LogP contribution in [0.3, 0.4) is 0 Å². The van der Waals surface area contributed by atoms with E-state index in [0.29, 0.717) is 0 Å². The normalized spacial score (nSPS) is 27.3. The Bertz CT molecular complexity index is 228. The lowest BCUT2D eigenvalue weighted by atomic mass is 9.89. The predicted octanol–water partition coefficient (Wildman–Crippen LogP) is 0.526. The molecule has 0 aromatic heterocycles. The minimum absolute atomic E-state index is 0.130. The van der Waals surface area contributed by atoms with Crippen LogP contribution in [0.1, 0.15) is 12.8 Å². The highest BCUT2D eigenvalue weighted by atomic mass is 19.3. The van der Waals surface area contributed by atoms with Crippen molar-refractivity contribution in [3.05, 3.63) is 0 Å². The first kappa shape index (κ1) is 11.2. The Morgan fingerprint density at radius 3 is 2.29 bits per heavy atom. The number of alkyl halides is 4. The topological polar surface area (TPSA) is 49.3 Å². The molecule has 1 aliphatic rings. The molecule has 0 aliphatic heterocycles. The van der Waals surface area contributed by atoms with Gasteiger partial charge in [-0.15, -0.1) is 0 Å². The fourth-order valence-corrected chi connectivity index (χ4v) is 1.09. The lowest BCUT2D eigenvalue weighted by molar-refractivity contribution is -0.171. The summed E-state index contributed by atoms with van der Waals surface area (Å²) in [6.45, 7) is 0. The van der Waals surface area contributed by atoms with Gasteiger partial charge in [0.25, 0.3) is 5.91 Å². The summed E-state index contributed by atoms with van der Waals surface area (Å²) in [6, 6.07) is -0.623. The molecular weight excluding hydrogens is 206 g/mol. The molecule has 0 atom stereocenters. The van der Waals surface area contributed by atoms with Crippen LogP contribution in [0.2, 0.25) is 0 Å². The molecule has 0 aromatic rings. The van der Waals surface area contributed by atoms with Crippen LogP contribution in [0.5, 0.6) is 0 Å². The van der Waals surface area contributed by atoms with Crippen LogP contribution in [0.25, 0.3) is 0 Å². The molecule has 0 radical (unpaired) electrons. The summed E-state index contributed by atoms with van der Waals surface area (Å²) < 4.78 is 48.0. The molecule has 1 fully saturated rings. The zero-order valence-electron chi connectivity index (χ0n) is 7.01. The van der Waals surface area contributed by atoms with Crippen LogP contribution in [0, 0.1) is 0 Å². The van der Waals surface area contributed by atoms with Gasteiger partial charge in [0.2, 0.25) is 0 Å². The van der Waals surface area contributed by atoms with Gasteiger partial charge in [0.05, 0.1) is 6.10 Å². The van der Waals surface area contributed by atoms with Gasteiger partial charge in [-0.25, -0.2) is 8.78 Å². The molecule has 0 spiro atoms. The number of carbonyl (C=O) groups excluding carboxylic acids is 1. The average Bonchev–Trinajstić information content (AvgIpc) is 2.01. The molecule has 1 rings (SSSR count). The maximum atomic E-state index is 12.3. The maximum absolute atomic E-state index is 12.3. The van der Waals surface area contributed by atoms with E-state index in [1.807, 2.05) is 0 Å². The Morgan fingerprint density at radius 1 is 1.43 bits per heavy atom. The third kappa shape index (κ3) is 2.14. The van der Waals surface area contributed by atoms with Gasteiger partial charge in [-0.1, -0.05) is 0 Å². The Labute approximate surface area is 77.1 Å². The molecule has 7 heteroatoms. The summed E-state index contributed by atoms with van der Waals surface area (Å²) in [5.41, 5.74) is 0. The monoisotopic (exact) mass is 215 g/mol. The van der Waals surface area contributed by atoms with E-state index in [1.54, 1.807) is 5.32 Å². The van der Waals surface area contributed by atoms with E-state index in [2.05, 4.69) is 0 Å². The van der Waals surface area contributed by atoms with Crippen molar-refractivity contribution in [3.63, 3.8) is 0 Å². The summed E-state index contributed by atoms with van der Waals surface area (Å²) in [4.78, 5) is 10.6. The van der Waals surface area contributed by atoms with E-state index < -0.39 is 30.4 Å². The predicted molar refractivity (Wildman–Crippen MR) is 38.1 cm³/mol. The zero-order chi connectivity index (χ0) is 10.9. The molecule has 2 N–H and O–H groups in total. The molecular formula is C7H9F4NO2. The highest BCUT2D eigenvalue weighted by Crippen LogP contribution is 2.25. The third-order valence-electron chi connectivity index (χ3n) is 2.03. The smallest absolute Gasteiger partial charge is 0.383 e. The first-order valence-corrected chi connectivity index (χ1v) is 3.99.